The molecule has 0 spiro atoms. The Bertz CT molecular complexity index is 1120. The van der Waals surface area contributed by atoms with Crippen molar-refractivity contribution in [1.82, 2.24) is 4.98 Å². The van der Waals surface area contributed by atoms with Crippen molar-refractivity contribution in [3.8, 4) is 11.4 Å². The first-order valence-corrected chi connectivity index (χ1v) is 9.02. The smallest absolute Gasteiger partial charge is 0.253 e. The molecule has 0 aliphatic rings. The third kappa shape index (κ3) is 4.26. The van der Waals surface area contributed by atoms with Gasteiger partial charge in [0.2, 0.25) is 11.4 Å². The van der Waals surface area contributed by atoms with Gasteiger partial charge in [-0.1, -0.05) is 11.6 Å². The number of halogens is 7. The Morgan fingerprint density at radius 3 is 2.00 bits per heavy atom. The fourth-order valence-electron chi connectivity index (χ4n) is 3.10. The van der Waals surface area contributed by atoms with E-state index in [2.05, 4.69) is 4.98 Å². The maximum Gasteiger partial charge on any atom is 0.478 e. The van der Waals surface area contributed by atoms with E-state index < -0.39 is 23.7 Å². The average Bonchev–Trinajstić information content (AvgIpc) is 2.61. The first-order chi connectivity index (χ1) is 13.8. The quantitative estimate of drug-likeness (QED) is 0.388. The van der Waals surface area contributed by atoms with Crippen LogP contribution < -0.4 is 9.13 Å². The molecular formula is C20H16ClF6N3+2. The van der Waals surface area contributed by atoms with E-state index in [0.29, 0.717) is 11.6 Å². The van der Waals surface area contributed by atoms with Crippen LogP contribution in [-0.2, 0) is 12.4 Å². The topological polar surface area (TPSA) is 20.6 Å². The lowest BCUT2D eigenvalue weighted by Gasteiger charge is -2.12. The first-order valence-electron chi connectivity index (χ1n) is 8.65. The second-order valence-electron chi connectivity index (χ2n) is 6.81. The van der Waals surface area contributed by atoms with Crippen molar-refractivity contribution >= 4 is 11.6 Å². The minimum Gasteiger partial charge on any atom is -0.253 e. The summed E-state index contributed by atoms with van der Waals surface area (Å²) in [5.74, 6) is 0. The molecule has 3 heterocycles. The van der Waals surface area contributed by atoms with E-state index in [0.717, 1.165) is 27.6 Å². The third-order valence-corrected chi connectivity index (χ3v) is 4.69. The molecule has 10 heteroatoms. The number of hydrogen-bond acceptors (Lipinski definition) is 1. The van der Waals surface area contributed by atoms with Gasteiger partial charge in [0.1, 0.15) is 5.69 Å². The number of aromatic nitrogens is 3. The largest absolute Gasteiger partial charge is 0.478 e. The summed E-state index contributed by atoms with van der Waals surface area (Å²) < 4.78 is 83.8. The van der Waals surface area contributed by atoms with Crippen molar-refractivity contribution in [2.75, 3.05) is 0 Å². The number of hydrogen-bond donors (Lipinski definition) is 0. The van der Waals surface area contributed by atoms with Crippen molar-refractivity contribution in [2.45, 2.75) is 33.1 Å². The molecule has 0 N–H and O–H groups in total. The van der Waals surface area contributed by atoms with E-state index in [9.17, 15) is 26.3 Å². The molecule has 0 aliphatic carbocycles. The summed E-state index contributed by atoms with van der Waals surface area (Å²) in [4.78, 5) is 3.97. The molecule has 0 saturated heterocycles. The number of nitrogens with zero attached hydrogens (tertiary/aromatic N) is 3. The number of rotatable bonds is 2. The van der Waals surface area contributed by atoms with Gasteiger partial charge in [-0.15, -0.1) is 0 Å². The number of aryl methyl sites for hydroxylation is 3. The second kappa shape index (κ2) is 7.54. The fraction of sp³-hybridized carbons (Fsp3) is 0.250. The van der Waals surface area contributed by atoms with E-state index in [1.165, 1.54) is 32.2 Å². The molecule has 3 nitrogen and oxygen atoms in total. The molecule has 0 radical (unpaired) electrons. The maximum atomic E-state index is 13.9. The lowest BCUT2D eigenvalue weighted by molar-refractivity contribution is -0.636. The molecule has 0 amide bonds. The van der Waals surface area contributed by atoms with Gasteiger partial charge in [-0.3, -0.25) is 4.98 Å². The van der Waals surface area contributed by atoms with Crippen LogP contribution in [0.1, 0.15) is 28.2 Å². The van der Waals surface area contributed by atoms with E-state index in [1.807, 2.05) is 0 Å². The van der Waals surface area contributed by atoms with Gasteiger partial charge in [0.15, 0.2) is 12.4 Å². The molecule has 0 unspecified atom stereocenters. The summed E-state index contributed by atoms with van der Waals surface area (Å²) in [6.45, 7) is 4.51. The van der Waals surface area contributed by atoms with Crippen molar-refractivity contribution in [3.05, 3.63) is 76.1 Å². The van der Waals surface area contributed by atoms with Crippen molar-refractivity contribution in [2.24, 2.45) is 0 Å². The third-order valence-electron chi connectivity index (χ3n) is 4.48. The summed E-state index contributed by atoms with van der Waals surface area (Å²) in [6, 6.07) is 4.11. The average molecular weight is 448 g/mol. The summed E-state index contributed by atoms with van der Waals surface area (Å²) in [5, 5.41) is 0.130. The summed E-state index contributed by atoms with van der Waals surface area (Å²) >= 11 is 5.90. The number of alkyl halides is 6. The fourth-order valence-corrected chi connectivity index (χ4v) is 3.25. The van der Waals surface area contributed by atoms with Gasteiger partial charge < -0.3 is 0 Å². The number of pyridine rings is 3. The van der Waals surface area contributed by atoms with Gasteiger partial charge in [-0.2, -0.15) is 35.5 Å². The van der Waals surface area contributed by atoms with E-state index >= 15 is 0 Å². The van der Waals surface area contributed by atoms with Crippen LogP contribution in [0, 0.1) is 20.8 Å². The minimum atomic E-state index is -4.85. The predicted molar refractivity (Wildman–Crippen MR) is 96.5 cm³/mol. The van der Waals surface area contributed by atoms with Crippen LogP contribution in [0.2, 0.25) is 5.02 Å². The van der Waals surface area contributed by atoms with Crippen LogP contribution in [0.5, 0.6) is 0 Å². The molecule has 158 valence electrons. The zero-order valence-electron chi connectivity index (χ0n) is 16.0. The Morgan fingerprint density at radius 1 is 0.800 bits per heavy atom. The van der Waals surface area contributed by atoms with Gasteiger partial charge in [-0.25, -0.2) is 0 Å². The lowest BCUT2D eigenvalue weighted by Crippen LogP contribution is -2.45. The molecule has 30 heavy (non-hydrogen) atoms. The zero-order valence-corrected chi connectivity index (χ0v) is 16.8. The second-order valence-corrected chi connectivity index (χ2v) is 7.25. The first kappa shape index (κ1) is 22.0. The molecule has 0 bridgehead atoms. The van der Waals surface area contributed by atoms with Gasteiger partial charge >= 0.3 is 12.4 Å². The maximum absolute atomic E-state index is 13.9. The van der Waals surface area contributed by atoms with Crippen molar-refractivity contribution < 1.29 is 35.5 Å². The molecule has 3 aromatic rings. The molecule has 3 rings (SSSR count). The normalized spacial score (nSPS) is 12.3. The molecular weight excluding hydrogens is 432 g/mol. The minimum absolute atomic E-state index is 0.0785. The van der Waals surface area contributed by atoms with E-state index in [4.69, 9.17) is 11.6 Å². The Kier molecular flexibility index (Phi) is 5.53. The predicted octanol–water partition coefficient (Wildman–Crippen LogP) is 5.25. The van der Waals surface area contributed by atoms with Crippen LogP contribution >= 0.6 is 11.6 Å². The van der Waals surface area contributed by atoms with Crippen molar-refractivity contribution in [1.29, 1.82) is 0 Å². The van der Waals surface area contributed by atoms with E-state index in [-0.39, 0.29) is 27.7 Å². The molecule has 0 saturated carbocycles. The molecule has 0 atom stereocenters. The highest BCUT2D eigenvalue weighted by atomic mass is 35.5. The monoisotopic (exact) mass is 447 g/mol. The van der Waals surface area contributed by atoms with Gasteiger partial charge in [0, 0.05) is 23.9 Å². The zero-order chi connectivity index (χ0) is 22.4. The van der Waals surface area contributed by atoms with Crippen molar-refractivity contribution in [3.63, 3.8) is 0 Å². The van der Waals surface area contributed by atoms with Gasteiger partial charge in [-0.05, 0) is 26.8 Å². The summed E-state index contributed by atoms with van der Waals surface area (Å²) in [7, 11) is 0. The van der Waals surface area contributed by atoms with E-state index in [1.54, 1.807) is 6.92 Å². The Morgan fingerprint density at radius 2 is 1.40 bits per heavy atom. The van der Waals surface area contributed by atoms with Crippen LogP contribution in [0.25, 0.3) is 11.4 Å². The van der Waals surface area contributed by atoms with Crippen LogP contribution in [-0.4, -0.2) is 4.98 Å². The molecule has 0 fully saturated rings. The Labute approximate surface area is 173 Å². The highest BCUT2D eigenvalue weighted by Gasteiger charge is 2.46. The SMILES string of the molecule is Cc1ccc(C(F)(F)F)[n+](-c2cc(C(F)(F)F)[n+](-c3cc(Cl)cnc3C)cc2C)c1. The summed E-state index contributed by atoms with van der Waals surface area (Å²) in [5.41, 5.74) is -1.45. The highest BCUT2D eigenvalue weighted by molar-refractivity contribution is 6.30. The standard InChI is InChI=1S/C20H16ClF6N3/c1-11-4-5-17(19(22,23)24)29(9-11)15-7-18(20(25,26)27)30(10-12(15)2)16-6-14(21)8-28-13(16)3/h4-10H,1-3H3/q+2. The Hall–Kier alpha value is -2.68. The molecule has 0 aromatic carbocycles. The molecule has 0 aliphatic heterocycles. The summed E-state index contributed by atoms with van der Waals surface area (Å²) in [6.07, 6.45) is -6.01. The lowest BCUT2D eigenvalue weighted by atomic mass is 10.1. The van der Waals surface area contributed by atoms with Gasteiger partial charge in [0.25, 0.3) is 11.4 Å². The van der Waals surface area contributed by atoms with Crippen LogP contribution in [0.15, 0.2) is 42.9 Å². The molecule has 3 aromatic heterocycles. The van der Waals surface area contributed by atoms with Crippen LogP contribution in [0.3, 0.4) is 0 Å². The van der Waals surface area contributed by atoms with Crippen LogP contribution in [0.4, 0.5) is 26.3 Å². The highest BCUT2D eigenvalue weighted by Crippen LogP contribution is 2.31. The van der Waals surface area contributed by atoms with Gasteiger partial charge in [0.05, 0.1) is 16.7 Å². The Balaban J connectivity index is 2.37.